The summed E-state index contributed by atoms with van der Waals surface area (Å²) in [6.07, 6.45) is 1.51. The van der Waals surface area contributed by atoms with Crippen LogP contribution in [0.1, 0.15) is 26.3 Å². The number of thioether (sulfide) groups is 1. The first-order valence-electron chi connectivity index (χ1n) is 9.59. The van der Waals surface area contributed by atoms with Crippen molar-refractivity contribution in [3.63, 3.8) is 0 Å². The number of pyridine rings is 1. The summed E-state index contributed by atoms with van der Waals surface area (Å²) < 4.78 is 5.26. The number of aromatic nitrogens is 1. The molecule has 0 aliphatic carbocycles. The molecule has 1 aromatic carbocycles. The Bertz CT molecular complexity index is 1130. The van der Waals surface area contributed by atoms with Crippen molar-refractivity contribution in [3.05, 3.63) is 75.8 Å². The molecule has 1 aliphatic heterocycles. The van der Waals surface area contributed by atoms with E-state index in [9.17, 15) is 14.4 Å². The van der Waals surface area contributed by atoms with Gasteiger partial charge in [-0.3, -0.25) is 14.4 Å². The molecule has 2 aromatic heterocycles. The van der Waals surface area contributed by atoms with Gasteiger partial charge in [0.25, 0.3) is 17.4 Å². The second-order valence-corrected chi connectivity index (χ2v) is 8.21. The third-order valence-corrected chi connectivity index (χ3v) is 5.90. The smallest absolute Gasteiger partial charge is 0.261 e. The fraction of sp³-hybridized carbons (Fsp3) is 0.227. The van der Waals surface area contributed by atoms with Gasteiger partial charge in [-0.2, -0.15) is 11.8 Å². The molecule has 3 heterocycles. The molecule has 0 spiro atoms. The summed E-state index contributed by atoms with van der Waals surface area (Å²) in [7, 11) is 0. The van der Waals surface area contributed by atoms with Crippen molar-refractivity contribution >= 4 is 29.3 Å². The molecule has 8 heteroatoms. The van der Waals surface area contributed by atoms with E-state index in [0.717, 1.165) is 30.2 Å². The van der Waals surface area contributed by atoms with Gasteiger partial charge in [0.1, 0.15) is 11.3 Å². The molecule has 0 atom stereocenters. The van der Waals surface area contributed by atoms with Gasteiger partial charge in [0.15, 0.2) is 0 Å². The number of benzene rings is 1. The molecule has 0 radical (unpaired) electrons. The van der Waals surface area contributed by atoms with E-state index < -0.39 is 11.5 Å². The fourth-order valence-corrected chi connectivity index (χ4v) is 4.21. The molecule has 1 fully saturated rings. The maximum atomic E-state index is 12.7. The molecule has 30 heavy (non-hydrogen) atoms. The first kappa shape index (κ1) is 20.0. The number of hydrogen-bond acceptors (Lipinski definition) is 5. The molecule has 1 saturated heterocycles. The van der Waals surface area contributed by atoms with Crippen LogP contribution in [0.4, 0.5) is 5.69 Å². The van der Waals surface area contributed by atoms with Crippen LogP contribution in [0.5, 0.6) is 0 Å². The Morgan fingerprint density at radius 1 is 1.13 bits per heavy atom. The van der Waals surface area contributed by atoms with Gasteiger partial charge in [-0.15, -0.1) is 0 Å². The van der Waals surface area contributed by atoms with Crippen molar-refractivity contribution in [3.8, 4) is 11.5 Å². The van der Waals surface area contributed by atoms with E-state index in [0.29, 0.717) is 22.7 Å². The van der Waals surface area contributed by atoms with E-state index in [-0.39, 0.29) is 11.5 Å². The predicted molar refractivity (Wildman–Crippen MR) is 117 cm³/mol. The van der Waals surface area contributed by atoms with Crippen LogP contribution in [-0.4, -0.2) is 46.3 Å². The maximum Gasteiger partial charge on any atom is 0.261 e. The van der Waals surface area contributed by atoms with Crippen molar-refractivity contribution in [2.45, 2.75) is 6.92 Å². The molecule has 0 saturated carbocycles. The Balaban J connectivity index is 1.49. The number of hydrogen-bond donors (Lipinski definition) is 2. The van der Waals surface area contributed by atoms with Gasteiger partial charge >= 0.3 is 0 Å². The van der Waals surface area contributed by atoms with Crippen molar-refractivity contribution < 1.29 is 14.0 Å². The third-order valence-electron chi connectivity index (χ3n) is 4.96. The van der Waals surface area contributed by atoms with Gasteiger partial charge in [0.05, 0.1) is 12.0 Å². The average Bonchev–Trinajstić information content (AvgIpc) is 3.30. The SMILES string of the molecule is Cc1cc(C(=O)N2CCSCC2)ccc1NC(=O)c1ccc(-c2ccco2)[nH]c1=O. The van der Waals surface area contributed by atoms with Crippen LogP contribution in [0.25, 0.3) is 11.5 Å². The molecule has 0 bridgehead atoms. The average molecular weight is 423 g/mol. The van der Waals surface area contributed by atoms with Crippen molar-refractivity contribution in [2.24, 2.45) is 0 Å². The summed E-state index contributed by atoms with van der Waals surface area (Å²) in [6, 6.07) is 11.7. The lowest BCUT2D eigenvalue weighted by Crippen LogP contribution is -2.37. The largest absolute Gasteiger partial charge is 0.463 e. The van der Waals surface area contributed by atoms with Gasteiger partial charge in [0, 0.05) is 35.8 Å². The van der Waals surface area contributed by atoms with Crippen LogP contribution in [0.15, 0.2) is 57.9 Å². The molecule has 1 aliphatic rings. The first-order chi connectivity index (χ1) is 14.5. The molecular formula is C22H21N3O4S. The Kier molecular flexibility index (Phi) is 5.76. The van der Waals surface area contributed by atoms with Crippen LogP contribution < -0.4 is 10.9 Å². The van der Waals surface area contributed by atoms with Crippen molar-refractivity contribution in [1.29, 1.82) is 0 Å². The fourth-order valence-electron chi connectivity index (χ4n) is 3.30. The molecule has 7 nitrogen and oxygen atoms in total. The van der Waals surface area contributed by atoms with E-state index in [4.69, 9.17) is 4.42 Å². The topological polar surface area (TPSA) is 95.4 Å². The van der Waals surface area contributed by atoms with E-state index in [2.05, 4.69) is 10.3 Å². The van der Waals surface area contributed by atoms with E-state index in [1.807, 2.05) is 23.6 Å². The first-order valence-corrected chi connectivity index (χ1v) is 10.7. The van der Waals surface area contributed by atoms with Crippen LogP contribution >= 0.6 is 11.8 Å². The summed E-state index contributed by atoms with van der Waals surface area (Å²) in [5.41, 5.74) is 1.89. The number of furan rings is 1. The summed E-state index contributed by atoms with van der Waals surface area (Å²) in [5, 5.41) is 2.76. The van der Waals surface area contributed by atoms with Gasteiger partial charge in [-0.25, -0.2) is 0 Å². The van der Waals surface area contributed by atoms with Gasteiger partial charge in [0.2, 0.25) is 0 Å². The highest BCUT2D eigenvalue weighted by molar-refractivity contribution is 7.99. The molecule has 3 aromatic rings. The lowest BCUT2D eigenvalue weighted by Gasteiger charge is -2.26. The Labute approximate surface area is 177 Å². The number of nitrogens with one attached hydrogen (secondary N) is 2. The molecule has 0 unspecified atom stereocenters. The highest BCUT2D eigenvalue weighted by Gasteiger charge is 2.19. The molecule has 4 rings (SSSR count). The third kappa shape index (κ3) is 4.18. The lowest BCUT2D eigenvalue weighted by molar-refractivity contribution is 0.0772. The molecule has 2 amide bonds. The van der Waals surface area contributed by atoms with Gasteiger partial charge < -0.3 is 19.6 Å². The van der Waals surface area contributed by atoms with E-state index in [1.54, 1.807) is 36.4 Å². The quantitative estimate of drug-likeness (QED) is 0.671. The minimum Gasteiger partial charge on any atom is -0.463 e. The summed E-state index contributed by atoms with van der Waals surface area (Å²) in [4.78, 5) is 42.1. The minimum absolute atomic E-state index is 0.00114. The number of H-pyrrole nitrogens is 1. The van der Waals surface area contributed by atoms with Gasteiger partial charge in [-0.1, -0.05) is 0 Å². The van der Waals surface area contributed by atoms with Gasteiger partial charge in [-0.05, 0) is 55.0 Å². The van der Waals surface area contributed by atoms with Crippen LogP contribution in [-0.2, 0) is 0 Å². The Morgan fingerprint density at radius 2 is 1.93 bits per heavy atom. The number of rotatable bonds is 4. The number of nitrogens with zero attached hydrogens (tertiary/aromatic N) is 1. The number of amides is 2. The molecular weight excluding hydrogens is 402 g/mol. The van der Waals surface area contributed by atoms with Crippen LogP contribution in [0.3, 0.4) is 0 Å². The van der Waals surface area contributed by atoms with E-state index >= 15 is 0 Å². The predicted octanol–water partition coefficient (Wildman–Crippen LogP) is 3.38. The summed E-state index contributed by atoms with van der Waals surface area (Å²) in [5.74, 6) is 1.90. The number of aromatic amines is 1. The summed E-state index contributed by atoms with van der Waals surface area (Å²) >= 11 is 1.85. The maximum absolute atomic E-state index is 12.7. The zero-order chi connectivity index (χ0) is 21.1. The molecule has 2 N–H and O–H groups in total. The Morgan fingerprint density at radius 3 is 2.60 bits per heavy atom. The van der Waals surface area contributed by atoms with Crippen LogP contribution in [0.2, 0.25) is 0 Å². The molecule has 154 valence electrons. The lowest BCUT2D eigenvalue weighted by atomic mass is 10.1. The van der Waals surface area contributed by atoms with Crippen molar-refractivity contribution in [1.82, 2.24) is 9.88 Å². The number of anilines is 1. The standard InChI is InChI=1S/C22H21N3O4S/c1-14-13-15(22(28)25-8-11-30-12-9-25)4-6-17(14)23-20(26)16-5-7-18(24-21(16)27)19-3-2-10-29-19/h2-7,10,13H,8-9,11-12H2,1H3,(H,23,26)(H,24,27). The zero-order valence-corrected chi connectivity index (χ0v) is 17.3. The highest BCUT2D eigenvalue weighted by Crippen LogP contribution is 2.20. The number of carbonyl (C=O) groups is 2. The monoisotopic (exact) mass is 423 g/mol. The highest BCUT2D eigenvalue weighted by atomic mass is 32.2. The number of carbonyl (C=O) groups excluding carboxylic acids is 2. The Hall–Kier alpha value is -3.26. The summed E-state index contributed by atoms with van der Waals surface area (Å²) in [6.45, 7) is 3.32. The van der Waals surface area contributed by atoms with E-state index in [1.165, 1.54) is 12.3 Å². The van der Waals surface area contributed by atoms with Crippen molar-refractivity contribution in [2.75, 3.05) is 29.9 Å². The second-order valence-electron chi connectivity index (χ2n) is 6.98. The number of aryl methyl sites for hydroxylation is 1. The second kappa shape index (κ2) is 8.62. The normalized spacial score (nSPS) is 13.8. The zero-order valence-electron chi connectivity index (χ0n) is 16.4. The minimum atomic E-state index is -0.516. The van der Waals surface area contributed by atoms with Crippen LogP contribution in [0, 0.1) is 6.92 Å².